The number of anilines is 1. The summed E-state index contributed by atoms with van der Waals surface area (Å²) < 4.78 is 1.70. The summed E-state index contributed by atoms with van der Waals surface area (Å²) in [6, 6.07) is 10.0. The minimum atomic E-state index is -0.951. The second-order valence-corrected chi connectivity index (χ2v) is 4.00. The summed E-state index contributed by atoms with van der Waals surface area (Å²) in [5.41, 5.74) is 1.36. The first-order valence-corrected chi connectivity index (χ1v) is 5.36. The van der Waals surface area contributed by atoms with Crippen molar-refractivity contribution in [2.24, 2.45) is 0 Å². The lowest BCUT2D eigenvalue weighted by Gasteiger charge is -2.10. The van der Waals surface area contributed by atoms with E-state index in [0.29, 0.717) is 12.4 Å². The number of benzene rings is 1. The Labute approximate surface area is 97.7 Å². The van der Waals surface area contributed by atoms with E-state index in [-0.39, 0.29) is 11.6 Å². The zero-order valence-electron chi connectivity index (χ0n) is 9.00. The molecule has 0 bridgehead atoms. The summed E-state index contributed by atoms with van der Waals surface area (Å²) in [6.45, 7) is 0.659. The smallest absolute Gasteiger partial charge is 0.341 e. The largest absolute Gasteiger partial charge is 0.477 e. The van der Waals surface area contributed by atoms with Crippen LogP contribution in [-0.2, 0) is 6.54 Å². The molecule has 17 heavy (non-hydrogen) atoms. The lowest BCUT2D eigenvalue weighted by molar-refractivity contribution is 0.0698. The Morgan fingerprint density at radius 2 is 2.18 bits per heavy atom. The highest BCUT2D eigenvalue weighted by atomic mass is 16.4. The minimum absolute atomic E-state index is 0.0954. The van der Waals surface area contributed by atoms with Crippen molar-refractivity contribution in [3.8, 4) is 0 Å². The molecule has 1 aliphatic rings. The zero-order valence-corrected chi connectivity index (χ0v) is 9.00. The van der Waals surface area contributed by atoms with Gasteiger partial charge in [-0.15, -0.1) is 0 Å². The van der Waals surface area contributed by atoms with E-state index in [1.807, 2.05) is 30.3 Å². The van der Waals surface area contributed by atoms with E-state index in [1.165, 1.54) is 6.20 Å². The third kappa shape index (κ3) is 1.56. The highest BCUT2D eigenvalue weighted by molar-refractivity contribution is 5.93. The van der Waals surface area contributed by atoms with Crippen LogP contribution in [0.1, 0.15) is 22.0 Å². The van der Waals surface area contributed by atoms with E-state index in [2.05, 4.69) is 10.4 Å². The van der Waals surface area contributed by atoms with E-state index >= 15 is 0 Å². The van der Waals surface area contributed by atoms with Gasteiger partial charge in [0.1, 0.15) is 11.4 Å². The number of aromatic nitrogens is 2. The number of hydrogen-bond donors (Lipinski definition) is 2. The zero-order chi connectivity index (χ0) is 11.8. The highest BCUT2D eigenvalue weighted by Gasteiger charge is 2.27. The SMILES string of the molecule is O=C(O)c1cnn2c1NC(c1ccccc1)C2. The third-order valence-electron chi connectivity index (χ3n) is 2.94. The van der Waals surface area contributed by atoms with Crippen molar-refractivity contribution in [1.82, 2.24) is 9.78 Å². The van der Waals surface area contributed by atoms with E-state index in [4.69, 9.17) is 5.11 Å². The van der Waals surface area contributed by atoms with Crippen LogP contribution < -0.4 is 5.32 Å². The molecule has 1 aromatic carbocycles. The predicted octanol–water partition coefficient (Wildman–Crippen LogP) is 1.75. The average Bonchev–Trinajstić information content (AvgIpc) is 2.88. The van der Waals surface area contributed by atoms with E-state index < -0.39 is 5.97 Å². The maximum Gasteiger partial charge on any atom is 0.341 e. The van der Waals surface area contributed by atoms with Crippen molar-refractivity contribution in [2.75, 3.05) is 5.32 Å². The second-order valence-electron chi connectivity index (χ2n) is 4.00. The molecular formula is C12H11N3O2. The Morgan fingerprint density at radius 3 is 2.88 bits per heavy atom. The summed E-state index contributed by atoms with van der Waals surface area (Å²) >= 11 is 0. The molecule has 3 rings (SSSR count). The molecule has 1 unspecified atom stereocenters. The summed E-state index contributed by atoms with van der Waals surface area (Å²) in [7, 11) is 0. The number of aromatic carboxylic acids is 1. The maximum atomic E-state index is 11.0. The van der Waals surface area contributed by atoms with Crippen LogP contribution in [0.3, 0.4) is 0 Å². The maximum absolute atomic E-state index is 11.0. The average molecular weight is 229 g/mol. The molecule has 0 spiro atoms. The fourth-order valence-electron chi connectivity index (χ4n) is 2.09. The first-order valence-electron chi connectivity index (χ1n) is 5.36. The Kier molecular flexibility index (Phi) is 2.11. The fourth-order valence-corrected chi connectivity index (χ4v) is 2.09. The molecule has 0 saturated heterocycles. The first kappa shape index (κ1) is 9.89. The van der Waals surface area contributed by atoms with Crippen molar-refractivity contribution in [3.63, 3.8) is 0 Å². The quantitative estimate of drug-likeness (QED) is 0.823. The number of carboxylic acids is 1. The predicted molar refractivity (Wildman–Crippen MR) is 62.0 cm³/mol. The molecule has 1 atom stereocenters. The van der Waals surface area contributed by atoms with Gasteiger partial charge in [-0.3, -0.25) is 0 Å². The normalized spacial score (nSPS) is 17.5. The van der Waals surface area contributed by atoms with E-state index in [0.717, 1.165) is 5.56 Å². The van der Waals surface area contributed by atoms with Crippen molar-refractivity contribution < 1.29 is 9.90 Å². The molecule has 2 aromatic rings. The number of carbonyl (C=O) groups is 1. The van der Waals surface area contributed by atoms with Crippen LogP contribution in [0.4, 0.5) is 5.82 Å². The molecule has 1 aliphatic heterocycles. The van der Waals surface area contributed by atoms with Gasteiger partial charge in [0.05, 0.1) is 18.8 Å². The van der Waals surface area contributed by atoms with Crippen molar-refractivity contribution in [2.45, 2.75) is 12.6 Å². The molecular weight excluding hydrogens is 218 g/mol. The third-order valence-corrected chi connectivity index (χ3v) is 2.94. The van der Waals surface area contributed by atoms with Gasteiger partial charge < -0.3 is 10.4 Å². The lowest BCUT2D eigenvalue weighted by Crippen LogP contribution is -2.08. The van der Waals surface area contributed by atoms with Gasteiger partial charge in [0.15, 0.2) is 0 Å². The number of nitrogens with one attached hydrogen (secondary N) is 1. The van der Waals surface area contributed by atoms with Gasteiger partial charge in [0.2, 0.25) is 0 Å². The minimum Gasteiger partial charge on any atom is -0.477 e. The van der Waals surface area contributed by atoms with Gasteiger partial charge in [-0.1, -0.05) is 30.3 Å². The van der Waals surface area contributed by atoms with Crippen molar-refractivity contribution >= 4 is 11.8 Å². The number of carboxylic acid groups (broad SMARTS) is 1. The number of rotatable bonds is 2. The number of hydrogen-bond acceptors (Lipinski definition) is 3. The molecule has 2 heterocycles. The molecule has 5 heteroatoms. The van der Waals surface area contributed by atoms with Gasteiger partial charge in [0, 0.05) is 0 Å². The Bertz CT molecular complexity index is 562. The number of fused-ring (bicyclic) bond motifs is 1. The monoisotopic (exact) mass is 229 g/mol. The Hall–Kier alpha value is -2.30. The summed E-state index contributed by atoms with van der Waals surface area (Å²) in [6.07, 6.45) is 1.38. The molecule has 0 aliphatic carbocycles. The topological polar surface area (TPSA) is 67.1 Å². The Morgan fingerprint density at radius 1 is 1.41 bits per heavy atom. The van der Waals surface area contributed by atoms with E-state index in [9.17, 15) is 4.79 Å². The van der Waals surface area contributed by atoms with Gasteiger partial charge in [-0.25, -0.2) is 9.48 Å². The summed E-state index contributed by atoms with van der Waals surface area (Å²) in [5, 5.41) is 16.3. The molecule has 1 aromatic heterocycles. The second kappa shape index (κ2) is 3.62. The van der Waals surface area contributed by atoms with Crippen molar-refractivity contribution in [1.29, 1.82) is 0 Å². The molecule has 2 N–H and O–H groups in total. The van der Waals surface area contributed by atoms with Crippen LogP contribution in [0.5, 0.6) is 0 Å². The van der Waals surface area contributed by atoms with Gasteiger partial charge >= 0.3 is 5.97 Å². The van der Waals surface area contributed by atoms with Crippen LogP contribution >= 0.6 is 0 Å². The molecule has 86 valence electrons. The fraction of sp³-hybridized carbons (Fsp3) is 0.167. The molecule has 0 amide bonds. The highest BCUT2D eigenvalue weighted by Crippen LogP contribution is 2.30. The molecule has 0 fully saturated rings. The number of nitrogens with zero attached hydrogens (tertiary/aromatic N) is 2. The van der Waals surface area contributed by atoms with Gasteiger partial charge in [0.25, 0.3) is 0 Å². The molecule has 0 saturated carbocycles. The Balaban J connectivity index is 1.91. The van der Waals surface area contributed by atoms with Crippen molar-refractivity contribution in [3.05, 3.63) is 47.7 Å². The molecule has 0 radical (unpaired) electrons. The van der Waals surface area contributed by atoms with Crippen LogP contribution in [-0.4, -0.2) is 20.9 Å². The molecule has 5 nitrogen and oxygen atoms in total. The lowest BCUT2D eigenvalue weighted by atomic mass is 10.1. The summed E-state index contributed by atoms with van der Waals surface area (Å²) in [5.74, 6) is -0.362. The van der Waals surface area contributed by atoms with Crippen LogP contribution in [0.25, 0.3) is 0 Å². The van der Waals surface area contributed by atoms with Crippen LogP contribution in [0, 0.1) is 0 Å². The van der Waals surface area contributed by atoms with Crippen LogP contribution in [0.15, 0.2) is 36.5 Å². The standard InChI is InChI=1S/C12H11N3O2/c16-12(17)9-6-13-15-7-10(14-11(9)15)8-4-2-1-3-5-8/h1-6,10,14H,7H2,(H,16,17). The van der Waals surface area contributed by atoms with Gasteiger partial charge in [-0.05, 0) is 5.56 Å². The van der Waals surface area contributed by atoms with Gasteiger partial charge in [-0.2, -0.15) is 5.10 Å². The summed E-state index contributed by atoms with van der Waals surface area (Å²) in [4.78, 5) is 11.0. The first-order chi connectivity index (χ1) is 8.25. The van der Waals surface area contributed by atoms with Crippen LogP contribution in [0.2, 0.25) is 0 Å². The van der Waals surface area contributed by atoms with E-state index in [1.54, 1.807) is 4.68 Å².